The smallest absolute Gasteiger partial charge is 0.249 e. The number of imidazole rings is 1. The Labute approximate surface area is 88.6 Å². The zero-order valence-corrected chi connectivity index (χ0v) is 9.15. The van der Waals surface area contributed by atoms with Crippen molar-refractivity contribution in [3.05, 3.63) is 18.2 Å². The number of hydrazine groups is 1. The first-order valence-corrected chi connectivity index (χ1v) is 4.67. The minimum Gasteiger partial charge on any atom is -0.347 e. The largest absolute Gasteiger partial charge is 0.347 e. The lowest BCUT2D eigenvalue weighted by Crippen LogP contribution is -2.42. The van der Waals surface area contributed by atoms with E-state index in [1.807, 2.05) is 20.8 Å². The first-order chi connectivity index (χ1) is 7.01. The Bertz CT molecular complexity index is 292. The molecule has 1 heterocycles. The molecule has 0 radical (unpaired) electrons. The van der Waals surface area contributed by atoms with Crippen LogP contribution in [0.15, 0.2) is 12.4 Å². The van der Waals surface area contributed by atoms with Crippen LogP contribution >= 0.6 is 0 Å². The lowest BCUT2D eigenvalue weighted by atomic mass is 10.2. The van der Waals surface area contributed by atoms with Crippen molar-refractivity contribution in [3.8, 4) is 0 Å². The molecule has 0 spiro atoms. The molecule has 0 fully saturated rings. The van der Waals surface area contributed by atoms with E-state index in [9.17, 15) is 4.79 Å². The van der Waals surface area contributed by atoms with Crippen molar-refractivity contribution in [2.75, 3.05) is 0 Å². The summed E-state index contributed by atoms with van der Waals surface area (Å²) in [6.45, 7) is 5.98. The highest BCUT2D eigenvalue weighted by Gasteiger charge is 2.15. The van der Waals surface area contributed by atoms with Crippen LogP contribution in [0.4, 0.5) is 0 Å². The fourth-order valence-corrected chi connectivity index (χ4v) is 0.934. The number of aromatic nitrogens is 2. The second-order valence-corrected chi connectivity index (χ2v) is 4.01. The number of aromatic amines is 1. The summed E-state index contributed by atoms with van der Waals surface area (Å²) in [5.41, 5.74) is 2.36. The Kier molecular flexibility index (Phi) is 3.81. The van der Waals surface area contributed by atoms with Crippen LogP contribution in [0.2, 0.25) is 0 Å². The molecular weight excluding hydrogens is 196 g/mol. The lowest BCUT2D eigenvalue weighted by molar-refractivity contribution is -0.239. The maximum atomic E-state index is 10.7. The SMILES string of the molecule is CC(C)(C)ON(C=O)NCc1ncc[nH]1. The fourth-order valence-electron chi connectivity index (χ4n) is 0.934. The van der Waals surface area contributed by atoms with Crippen LogP contribution < -0.4 is 5.43 Å². The van der Waals surface area contributed by atoms with Crippen LogP contribution in [-0.2, 0) is 16.2 Å². The van der Waals surface area contributed by atoms with Crippen LogP contribution in [-0.4, -0.2) is 27.2 Å². The van der Waals surface area contributed by atoms with Crippen molar-refractivity contribution >= 4 is 6.41 Å². The zero-order valence-electron chi connectivity index (χ0n) is 9.15. The molecule has 0 unspecified atom stereocenters. The van der Waals surface area contributed by atoms with Gasteiger partial charge in [0.1, 0.15) is 5.82 Å². The second kappa shape index (κ2) is 4.90. The number of H-pyrrole nitrogens is 1. The molecule has 0 aliphatic heterocycles. The molecular formula is C9H16N4O2. The molecule has 84 valence electrons. The van der Waals surface area contributed by atoms with Gasteiger partial charge in [-0.25, -0.2) is 9.82 Å². The van der Waals surface area contributed by atoms with Crippen molar-refractivity contribution in [2.45, 2.75) is 32.9 Å². The van der Waals surface area contributed by atoms with E-state index in [2.05, 4.69) is 15.4 Å². The molecule has 1 aromatic rings. The molecule has 0 saturated heterocycles. The molecule has 1 amide bonds. The van der Waals surface area contributed by atoms with E-state index in [0.29, 0.717) is 13.0 Å². The average molecular weight is 212 g/mol. The van der Waals surface area contributed by atoms with E-state index in [1.165, 1.54) is 0 Å². The van der Waals surface area contributed by atoms with Gasteiger partial charge in [0.25, 0.3) is 0 Å². The topological polar surface area (TPSA) is 70.2 Å². The molecule has 1 rings (SSSR count). The summed E-state index contributed by atoms with van der Waals surface area (Å²) in [5.74, 6) is 0.736. The molecule has 6 heteroatoms. The summed E-state index contributed by atoms with van der Waals surface area (Å²) in [7, 11) is 0. The number of carbonyl (C=O) groups excluding carboxylic acids is 1. The monoisotopic (exact) mass is 212 g/mol. The van der Waals surface area contributed by atoms with Gasteiger partial charge in [-0.05, 0) is 20.8 Å². The van der Waals surface area contributed by atoms with Gasteiger partial charge in [0.05, 0.1) is 12.1 Å². The third-order valence-corrected chi connectivity index (χ3v) is 1.43. The van der Waals surface area contributed by atoms with Gasteiger partial charge in [-0.1, -0.05) is 0 Å². The molecule has 1 aromatic heterocycles. The number of nitrogens with zero attached hydrogens (tertiary/aromatic N) is 2. The highest BCUT2D eigenvalue weighted by atomic mass is 16.7. The van der Waals surface area contributed by atoms with Gasteiger partial charge in [-0.15, -0.1) is 0 Å². The number of hydrogen-bond donors (Lipinski definition) is 2. The Balaban J connectivity index is 2.38. The van der Waals surface area contributed by atoms with Crippen LogP contribution in [0.25, 0.3) is 0 Å². The zero-order chi connectivity index (χ0) is 11.3. The second-order valence-electron chi connectivity index (χ2n) is 4.01. The summed E-state index contributed by atoms with van der Waals surface area (Å²) in [6, 6.07) is 0. The first-order valence-electron chi connectivity index (χ1n) is 4.67. The number of carbonyl (C=O) groups is 1. The molecule has 6 nitrogen and oxygen atoms in total. The molecule has 0 aliphatic carbocycles. The van der Waals surface area contributed by atoms with Gasteiger partial charge < -0.3 is 4.98 Å². The van der Waals surface area contributed by atoms with Crippen molar-refractivity contribution in [2.24, 2.45) is 0 Å². The van der Waals surface area contributed by atoms with Gasteiger partial charge in [-0.3, -0.25) is 4.79 Å². The summed E-state index contributed by atoms with van der Waals surface area (Å²) >= 11 is 0. The predicted octanol–water partition coefficient (Wildman–Crippen LogP) is 0.603. The number of hydroxylamine groups is 1. The molecule has 0 aliphatic rings. The minimum absolute atomic E-state index is 0.405. The summed E-state index contributed by atoms with van der Waals surface area (Å²) in [4.78, 5) is 22.9. The molecule has 15 heavy (non-hydrogen) atoms. The molecule has 0 bridgehead atoms. The quantitative estimate of drug-likeness (QED) is 0.554. The van der Waals surface area contributed by atoms with E-state index in [1.54, 1.807) is 12.4 Å². The van der Waals surface area contributed by atoms with Gasteiger partial charge in [0.15, 0.2) is 0 Å². The van der Waals surface area contributed by atoms with E-state index in [4.69, 9.17) is 4.84 Å². The van der Waals surface area contributed by atoms with Crippen molar-refractivity contribution in [1.29, 1.82) is 0 Å². The van der Waals surface area contributed by atoms with E-state index in [0.717, 1.165) is 11.0 Å². The maximum absolute atomic E-state index is 10.7. The number of hydrogen-bond acceptors (Lipinski definition) is 4. The van der Waals surface area contributed by atoms with Crippen LogP contribution in [0.1, 0.15) is 26.6 Å². The Morgan fingerprint density at radius 1 is 1.67 bits per heavy atom. The Morgan fingerprint density at radius 2 is 2.40 bits per heavy atom. The van der Waals surface area contributed by atoms with Crippen molar-refractivity contribution < 1.29 is 9.63 Å². The first kappa shape index (κ1) is 11.7. The lowest BCUT2D eigenvalue weighted by Gasteiger charge is -2.26. The summed E-state index contributed by atoms with van der Waals surface area (Å²) in [5, 5.41) is 1.04. The molecule has 0 saturated carbocycles. The van der Waals surface area contributed by atoms with Crippen LogP contribution in [0.5, 0.6) is 0 Å². The Morgan fingerprint density at radius 3 is 2.87 bits per heavy atom. The van der Waals surface area contributed by atoms with Gasteiger partial charge in [-0.2, -0.15) is 10.6 Å². The third kappa shape index (κ3) is 4.57. The fraction of sp³-hybridized carbons (Fsp3) is 0.556. The van der Waals surface area contributed by atoms with E-state index >= 15 is 0 Å². The number of nitrogens with one attached hydrogen (secondary N) is 2. The van der Waals surface area contributed by atoms with E-state index in [-0.39, 0.29) is 0 Å². The number of amides is 1. The summed E-state index contributed by atoms with van der Waals surface area (Å²) < 4.78 is 0. The summed E-state index contributed by atoms with van der Waals surface area (Å²) in [6.07, 6.45) is 3.94. The minimum atomic E-state index is -0.420. The van der Waals surface area contributed by atoms with Crippen LogP contribution in [0, 0.1) is 0 Å². The standard InChI is InChI=1S/C9H16N4O2/c1-9(2,3)15-13(7-14)12-6-8-10-4-5-11-8/h4-5,7,12H,6H2,1-3H3,(H,10,11). The third-order valence-electron chi connectivity index (χ3n) is 1.43. The number of rotatable bonds is 5. The molecule has 0 aromatic carbocycles. The van der Waals surface area contributed by atoms with Gasteiger partial charge in [0, 0.05) is 12.4 Å². The predicted molar refractivity (Wildman–Crippen MR) is 54.2 cm³/mol. The van der Waals surface area contributed by atoms with Gasteiger partial charge >= 0.3 is 0 Å². The normalized spacial score (nSPS) is 11.4. The van der Waals surface area contributed by atoms with Crippen molar-refractivity contribution in [3.63, 3.8) is 0 Å². The molecule has 2 N–H and O–H groups in total. The molecule has 0 atom stereocenters. The maximum Gasteiger partial charge on any atom is 0.249 e. The Hall–Kier alpha value is -1.40. The van der Waals surface area contributed by atoms with Crippen LogP contribution in [0.3, 0.4) is 0 Å². The van der Waals surface area contributed by atoms with E-state index < -0.39 is 5.60 Å². The van der Waals surface area contributed by atoms with Crippen molar-refractivity contribution in [1.82, 2.24) is 20.6 Å². The highest BCUT2D eigenvalue weighted by Crippen LogP contribution is 2.07. The highest BCUT2D eigenvalue weighted by molar-refractivity contribution is 5.44. The van der Waals surface area contributed by atoms with Gasteiger partial charge in [0.2, 0.25) is 6.41 Å². The average Bonchev–Trinajstić information content (AvgIpc) is 2.62.